The number of rotatable bonds is 7. The van der Waals surface area contributed by atoms with E-state index in [0.29, 0.717) is 16.3 Å². The van der Waals surface area contributed by atoms with E-state index in [0.717, 1.165) is 22.7 Å². The van der Waals surface area contributed by atoms with Gasteiger partial charge in [0, 0.05) is 11.4 Å². The maximum atomic E-state index is 13.2. The lowest BCUT2D eigenvalue weighted by Gasteiger charge is -2.29. The average molecular weight is 402 g/mol. The van der Waals surface area contributed by atoms with Crippen LogP contribution < -0.4 is 9.04 Å². The van der Waals surface area contributed by atoms with Crippen LogP contribution in [0.5, 0.6) is 5.75 Å². The van der Waals surface area contributed by atoms with E-state index >= 15 is 0 Å². The van der Waals surface area contributed by atoms with Crippen LogP contribution in [0.1, 0.15) is 5.56 Å². The molecule has 6 nitrogen and oxygen atoms in total. The van der Waals surface area contributed by atoms with Crippen molar-refractivity contribution < 1.29 is 27.4 Å². The quantitative estimate of drug-likeness (QED) is 0.771. The first kappa shape index (κ1) is 20.0. The smallest absolute Gasteiger partial charge is 0.327 e. The van der Waals surface area contributed by atoms with E-state index in [-0.39, 0.29) is 12.1 Å². The number of anilines is 1. The van der Waals surface area contributed by atoms with E-state index in [9.17, 15) is 22.7 Å². The first-order valence-corrected chi connectivity index (χ1v) is 9.66. The van der Waals surface area contributed by atoms with Gasteiger partial charge >= 0.3 is 5.97 Å². The fourth-order valence-corrected chi connectivity index (χ4v) is 3.90. The predicted octanol–water partition coefficient (Wildman–Crippen LogP) is 2.95. The Kier molecular flexibility index (Phi) is 6.09. The molecule has 0 aliphatic rings. The summed E-state index contributed by atoms with van der Waals surface area (Å²) in [4.78, 5) is 11.9. The molecule has 0 heterocycles. The molecule has 9 heteroatoms. The zero-order valence-electron chi connectivity index (χ0n) is 14.0. The number of benzene rings is 2. The third-order valence-electron chi connectivity index (χ3n) is 3.66. The van der Waals surface area contributed by atoms with Crippen LogP contribution >= 0.6 is 11.6 Å². The standard InChI is InChI=1S/C17H17ClFNO5S/c1-25-16-8-3-12(18)9-11(16)10-15(17(21)22)20(26(2,23)24)14-6-4-13(19)5-7-14/h3-9,15H,10H2,1-2H3,(H,21,22)/t15-/m1/s1. The van der Waals surface area contributed by atoms with Crippen molar-refractivity contribution in [3.05, 3.63) is 58.9 Å². The highest BCUT2D eigenvalue weighted by Gasteiger charge is 2.33. The Morgan fingerprint density at radius 3 is 2.38 bits per heavy atom. The maximum Gasteiger partial charge on any atom is 0.327 e. The second-order valence-electron chi connectivity index (χ2n) is 5.55. The van der Waals surface area contributed by atoms with E-state index in [1.54, 1.807) is 12.1 Å². The number of nitrogens with zero attached hydrogens (tertiary/aromatic N) is 1. The number of aliphatic carboxylic acids is 1. The average Bonchev–Trinajstić information content (AvgIpc) is 2.55. The highest BCUT2D eigenvalue weighted by molar-refractivity contribution is 7.92. The molecule has 1 atom stereocenters. The van der Waals surface area contributed by atoms with Crippen LogP contribution in [0.25, 0.3) is 0 Å². The van der Waals surface area contributed by atoms with Gasteiger partial charge in [0.25, 0.3) is 0 Å². The fraction of sp³-hybridized carbons (Fsp3) is 0.235. The number of halogens is 2. The summed E-state index contributed by atoms with van der Waals surface area (Å²) < 4.78 is 43.7. The zero-order chi connectivity index (χ0) is 19.5. The summed E-state index contributed by atoms with van der Waals surface area (Å²) in [6, 6.07) is 7.74. The van der Waals surface area contributed by atoms with Crippen molar-refractivity contribution in [1.29, 1.82) is 0 Å². The van der Waals surface area contributed by atoms with Crippen molar-refractivity contribution in [2.45, 2.75) is 12.5 Å². The highest BCUT2D eigenvalue weighted by Crippen LogP contribution is 2.28. The van der Waals surface area contributed by atoms with Crippen LogP contribution in [0.2, 0.25) is 5.02 Å². The molecule has 0 radical (unpaired) electrons. The molecule has 0 bridgehead atoms. The molecule has 0 aliphatic carbocycles. The minimum atomic E-state index is -3.97. The molecular weight excluding hydrogens is 385 g/mol. The number of carboxylic acids is 1. The van der Waals surface area contributed by atoms with Gasteiger partial charge in [-0.2, -0.15) is 0 Å². The Labute approximate surface area is 155 Å². The molecule has 26 heavy (non-hydrogen) atoms. The van der Waals surface area contributed by atoms with Crippen LogP contribution in [0.4, 0.5) is 10.1 Å². The number of hydrogen-bond donors (Lipinski definition) is 1. The highest BCUT2D eigenvalue weighted by atomic mass is 35.5. The van der Waals surface area contributed by atoms with Gasteiger partial charge in [-0.25, -0.2) is 17.6 Å². The summed E-state index contributed by atoms with van der Waals surface area (Å²) in [5, 5.41) is 10.0. The van der Waals surface area contributed by atoms with Gasteiger partial charge in [0.05, 0.1) is 19.1 Å². The van der Waals surface area contributed by atoms with Crippen molar-refractivity contribution in [3.63, 3.8) is 0 Å². The summed E-state index contributed by atoms with van der Waals surface area (Å²) in [5.74, 6) is -1.54. The van der Waals surface area contributed by atoms with Crippen molar-refractivity contribution >= 4 is 33.3 Å². The Morgan fingerprint density at radius 1 is 1.27 bits per heavy atom. The van der Waals surface area contributed by atoms with Gasteiger partial charge in [0.2, 0.25) is 10.0 Å². The number of sulfonamides is 1. The zero-order valence-corrected chi connectivity index (χ0v) is 15.6. The van der Waals surface area contributed by atoms with Gasteiger partial charge in [-0.05, 0) is 48.0 Å². The van der Waals surface area contributed by atoms with Crippen LogP contribution in [0, 0.1) is 5.82 Å². The summed E-state index contributed by atoms with van der Waals surface area (Å²) in [6.45, 7) is 0. The third-order valence-corrected chi connectivity index (χ3v) is 5.08. The second kappa shape index (κ2) is 7.92. The first-order chi connectivity index (χ1) is 12.1. The van der Waals surface area contributed by atoms with Crippen LogP contribution in [-0.4, -0.2) is 38.9 Å². The summed E-state index contributed by atoms with van der Waals surface area (Å²) in [7, 11) is -2.56. The van der Waals surface area contributed by atoms with Crippen LogP contribution in [0.15, 0.2) is 42.5 Å². The van der Waals surface area contributed by atoms with Crippen molar-refractivity contribution in [2.75, 3.05) is 17.7 Å². The minimum Gasteiger partial charge on any atom is -0.496 e. The van der Waals surface area contributed by atoms with E-state index in [1.807, 2.05) is 0 Å². The number of ether oxygens (including phenoxy) is 1. The molecule has 0 aliphatic heterocycles. The fourth-order valence-electron chi connectivity index (χ4n) is 2.58. The van der Waals surface area contributed by atoms with Gasteiger partial charge in [-0.3, -0.25) is 4.31 Å². The van der Waals surface area contributed by atoms with Crippen molar-refractivity contribution in [1.82, 2.24) is 0 Å². The summed E-state index contributed by atoms with van der Waals surface area (Å²) >= 11 is 5.96. The van der Waals surface area contributed by atoms with Crippen molar-refractivity contribution in [3.8, 4) is 5.75 Å². The van der Waals surface area contributed by atoms with Gasteiger partial charge in [-0.15, -0.1) is 0 Å². The first-order valence-electron chi connectivity index (χ1n) is 7.43. The second-order valence-corrected chi connectivity index (χ2v) is 7.85. The van der Waals surface area contributed by atoms with E-state index in [1.165, 1.54) is 25.3 Å². The number of hydrogen-bond acceptors (Lipinski definition) is 4. The maximum absolute atomic E-state index is 13.2. The lowest BCUT2D eigenvalue weighted by atomic mass is 10.0. The molecular formula is C17H17ClFNO5S. The Balaban J connectivity index is 2.53. The molecule has 2 rings (SSSR count). The molecule has 0 spiro atoms. The Morgan fingerprint density at radius 2 is 1.88 bits per heavy atom. The van der Waals surface area contributed by atoms with E-state index < -0.39 is 27.9 Å². The molecule has 1 N–H and O–H groups in total. The van der Waals surface area contributed by atoms with Crippen LogP contribution in [0.3, 0.4) is 0 Å². The third kappa shape index (κ3) is 4.64. The van der Waals surface area contributed by atoms with Gasteiger partial charge in [0.15, 0.2) is 0 Å². The molecule has 0 unspecified atom stereocenters. The molecule has 2 aromatic rings. The number of carboxylic acid groups (broad SMARTS) is 1. The van der Waals surface area contributed by atoms with E-state index in [4.69, 9.17) is 16.3 Å². The molecule has 0 aromatic heterocycles. The Bertz CT molecular complexity index is 902. The lowest BCUT2D eigenvalue weighted by molar-refractivity contribution is -0.138. The number of carbonyl (C=O) groups is 1. The largest absolute Gasteiger partial charge is 0.496 e. The van der Waals surface area contributed by atoms with Gasteiger partial charge < -0.3 is 9.84 Å². The molecule has 2 aromatic carbocycles. The molecule has 0 fully saturated rings. The normalized spacial score (nSPS) is 12.5. The lowest BCUT2D eigenvalue weighted by Crippen LogP contribution is -2.46. The monoisotopic (exact) mass is 401 g/mol. The van der Waals surface area contributed by atoms with Crippen molar-refractivity contribution in [2.24, 2.45) is 0 Å². The van der Waals surface area contributed by atoms with E-state index in [2.05, 4.69) is 0 Å². The molecule has 0 saturated carbocycles. The predicted molar refractivity (Wildman–Crippen MR) is 96.9 cm³/mol. The minimum absolute atomic E-state index is 0.0438. The Hall–Kier alpha value is -2.32. The van der Waals surface area contributed by atoms with Gasteiger partial charge in [0.1, 0.15) is 17.6 Å². The molecule has 0 saturated heterocycles. The van der Waals surface area contributed by atoms with Crippen LogP contribution in [-0.2, 0) is 21.2 Å². The topological polar surface area (TPSA) is 83.9 Å². The molecule has 0 amide bonds. The summed E-state index contributed by atoms with van der Waals surface area (Å²) in [6.07, 6.45) is 0.699. The van der Waals surface area contributed by atoms with Gasteiger partial charge in [-0.1, -0.05) is 11.6 Å². The molecule has 140 valence electrons. The summed E-state index contributed by atoms with van der Waals surface area (Å²) in [5.41, 5.74) is 0.477. The SMILES string of the molecule is COc1ccc(Cl)cc1C[C@H](C(=O)O)N(c1ccc(F)cc1)S(C)(=O)=O. The number of methoxy groups -OCH3 is 1.